The zero-order valence-corrected chi connectivity index (χ0v) is 10.0. The summed E-state index contributed by atoms with van der Waals surface area (Å²) in [5, 5.41) is 0. The molecule has 2 fully saturated rings. The van der Waals surface area contributed by atoms with Crippen molar-refractivity contribution in [1.82, 2.24) is 0 Å². The van der Waals surface area contributed by atoms with Gasteiger partial charge in [-0.05, 0) is 26.7 Å². The van der Waals surface area contributed by atoms with Gasteiger partial charge in [0.1, 0.15) is 0 Å². The lowest BCUT2D eigenvalue weighted by molar-refractivity contribution is -0.156. The molecular formula is C12H20O3. The number of ether oxygens (including phenoxy) is 2. The van der Waals surface area contributed by atoms with Crippen molar-refractivity contribution in [2.75, 3.05) is 6.61 Å². The molecule has 2 saturated heterocycles. The highest BCUT2D eigenvalue weighted by Gasteiger charge is 2.64. The van der Waals surface area contributed by atoms with E-state index in [-0.39, 0.29) is 29.0 Å². The van der Waals surface area contributed by atoms with E-state index in [0.717, 1.165) is 12.8 Å². The van der Waals surface area contributed by atoms with Crippen LogP contribution in [0.5, 0.6) is 0 Å². The summed E-state index contributed by atoms with van der Waals surface area (Å²) >= 11 is 0. The van der Waals surface area contributed by atoms with E-state index in [1.165, 1.54) is 0 Å². The predicted octanol–water partition coefficient (Wildman–Crippen LogP) is 2.14. The molecule has 2 bridgehead atoms. The lowest BCUT2D eigenvalue weighted by Crippen LogP contribution is -2.46. The van der Waals surface area contributed by atoms with Crippen molar-refractivity contribution in [2.24, 2.45) is 11.3 Å². The van der Waals surface area contributed by atoms with Gasteiger partial charge in [0.15, 0.2) is 0 Å². The SMILES string of the molecule is CCOC(=O)[C@H]1C(C)(C)[C@@H]2CC[C@@]1(C)O2. The number of hydrogen-bond acceptors (Lipinski definition) is 3. The molecule has 2 heterocycles. The van der Waals surface area contributed by atoms with Crippen molar-refractivity contribution in [3.63, 3.8) is 0 Å². The van der Waals surface area contributed by atoms with Crippen LogP contribution in [0, 0.1) is 11.3 Å². The van der Waals surface area contributed by atoms with Crippen LogP contribution in [-0.4, -0.2) is 24.3 Å². The smallest absolute Gasteiger partial charge is 0.312 e. The maximum Gasteiger partial charge on any atom is 0.312 e. The molecule has 15 heavy (non-hydrogen) atoms. The van der Waals surface area contributed by atoms with E-state index >= 15 is 0 Å². The summed E-state index contributed by atoms with van der Waals surface area (Å²) < 4.78 is 11.1. The zero-order valence-electron chi connectivity index (χ0n) is 10.0. The molecule has 2 aliphatic rings. The summed E-state index contributed by atoms with van der Waals surface area (Å²) in [6.45, 7) is 8.57. The van der Waals surface area contributed by atoms with Crippen molar-refractivity contribution in [3.8, 4) is 0 Å². The molecule has 2 aliphatic heterocycles. The molecule has 0 saturated carbocycles. The lowest BCUT2D eigenvalue weighted by Gasteiger charge is -2.37. The fourth-order valence-corrected chi connectivity index (χ4v) is 3.35. The molecule has 0 amide bonds. The molecule has 0 unspecified atom stereocenters. The van der Waals surface area contributed by atoms with E-state index in [9.17, 15) is 4.79 Å². The average molecular weight is 212 g/mol. The van der Waals surface area contributed by atoms with Crippen LogP contribution in [0.15, 0.2) is 0 Å². The van der Waals surface area contributed by atoms with Gasteiger partial charge in [-0.3, -0.25) is 4.79 Å². The second-order valence-corrected chi connectivity index (χ2v) is 5.46. The van der Waals surface area contributed by atoms with Crippen LogP contribution in [-0.2, 0) is 14.3 Å². The van der Waals surface area contributed by atoms with Crippen LogP contribution in [0.25, 0.3) is 0 Å². The molecule has 0 radical (unpaired) electrons. The van der Waals surface area contributed by atoms with E-state index in [4.69, 9.17) is 9.47 Å². The average Bonchev–Trinajstić information content (AvgIpc) is 2.55. The maximum atomic E-state index is 12.0. The molecule has 2 rings (SSSR count). The highest BCUT2D eigenvalue weighted by Crippen LogP contribution is 2.57. The molecule has 0 aromatic rings. The minimum absolute atomic E-state index is 0.0841. The Bertz CT molecular complexity index is 280. The Kier molecular flexibility index (Phi) is 2.34. The summed E-state index contributed by atoms with van der Waals surface area (Å²) in [5.74, 6) is -0.198. The third-order valence-electron chi connectivity index (χ3n) is 4.02. The minimum atomic E-state index is -0.291. The Hall–Kier alpha value is -0.570. The van der Waals surface area contributed by atoms with E-state index in [1.54, 1.807) is 0 Å². The first-order chi connectivity index (χ1) is 6.92. The maximum absolute atomic E-state index is 12.0. The number of esters is 1. The van der Waals surface area contributed by atoms with E-state index in [0.29, 0.717) is 6.61 Å². The van der Waals surface area contributed by atoms with Gasteiger partial charge < -0.3 is 9.47 Å². The van der Waals surface area contributed by atoms with Crippen molar-refractivity contribution in [2.45, 2.75) is 52.2 Å². The number of carbonyl (C=O) groups excluding carboxylic acids is 1. The monoisotopic (exact) mass is 212 g/mol. The summed E-state index contributed by atoms with van der Waals surface area (Å²) in [6.07, 6.45) is 2.26. The van der Waals surface area contributed by atoms with Crippen molar-refractivity contribution in [3.05, 3.63) is 0 Å². The standard InChI is InChI=1S/C12H20O3/c1-5-14-10(13)9-11(2,3)8-6-7-12(9,4)15-8/h8-9H,5-7H2,1-4H3/t8-,9-,12+/m0/s1. The Balaban J connectivity index is 2.26. The highest BCUT2D eigenvalue weighted by molar-refractivity contribution is 5.75. The van der Waals surface area contributed by atoms with E-state index < -0.39 is 0 Å². The van der Waals surface area contributed by atoms with Gasteiger partial charge in [-0.2, -0.15) is 0 Å². The quantitative estimate of drug-likeness (QED) is 0.658. The molecule has 86 valence electrons. The van der Waals surface area contributed by atoms with Crippen LogP contribution < -0.4 is 0 Å². The number of fused-ring (bicyclic) bond motifs is 2. The second-order valence-electron chi connectivity index (χ2n) is 5.46. The first-order valence-electron chi connectivity index (χ1n) is 5.76. The van der Waals surface area contributed by atoms with Gasteiger partial charge in [-0.25, -0.2) is 0 Å². The van der Waals surface area contributed by atoms with Gasteiger partial charge in [-0.1, -0.05) is 13.8 Å². The van der Waals surface area contributed by atoms with E-state index in [2.05, 4.69) is 13.8 Å². The molecule has 3 atom stereocenters. The zero-order chi connectivity index (χ0) is 11.3. The van der Waals surface area contributed by atoms with Crippen LogP contribution in [0.4, 0.5) is 0 Å². The normalized spacial score (nSPS) is 41.9. The fraction of sp³-hybridized carbons (Fsp3) is 0.917. The molecule has 0 spiro atoms. The Labute approximate surface area is 91.1 Å². The molecule has 3 nitrogen and oxygen atoms in total. The predicted molar refractivity (Wildman–Crippen MR) is 56.4 cm³/mol. The van der Waals surface area contributed by atoms with Gasteiger partial charge in [-0.15, -0.1) is 0 Å². The van der Waals surface area contributed by atoms with E-state index in [1.807, 2.05) is 13.8 Å². The van der Waals surface area contributed by atoms with Crippen LogP contribution in [0.1, 0.15) is 40.5 Å². The Morgan fingerprint density at radius 3 is 2.60 bits per heavy atom. The van der Waals surface area contributed by atoms with Gasteiger partial charge in [0.25, 0.3) is 0 Å². The second kappa shape index (κ2) is 3.21. The third-order valence-corrected chi connectivity index (χ3v) is 4.02. The number of rotatable bonds is 2. The van der Waals surface area contributed by atoms with Gasteiger partial charge in [0.2, 0.25) is 0 Å². The highest BCUT2D eigenvalue weighted by atomic mass is 16.6. The molecule has 0 aliphatic carbocycles. The van der Waals surface area contributed by atoms with Gasteiger partial charge in [0, 0.05) is 5.41 Å². The Morgan fingerprint density at radius 1 is 1.47 bits per heavy atom. The van der Waals surface area contributed by atoms with Gasteiger partial charge >= 0.3 is 5.97 Å². The first-order valence-corrected chi connectivity index (χ1v) is 5.76. The number of carbonyl (C=O) groups is 1. The van der Waals surface area contributed by atoms with Crippen molar-refractivity contribution in [1.29, 1.82) is 0 Å². The van der Waals surface area contributed by atoms with Crippen molar-refractivity contribution >= 4 is 5.97 Å². The van der Waals surface area contributed by atoms with Crippen LogP contribution >= 0.6 is 0 Å². The molecule has 0 aromatic heterocycles. The third kappa shape index (κ3) is 1.40. The molecule has 0 N–H and O–H groups in total. The van der Waals surface area contributed by atoms with Crippen LogP contribution in [0.2, 0.25) is 0 Å². The summed E-state index contributed by atoms with van der Waals surface area (Å²) in [7, 11) is 0. The summed E-state index contributed by atoms with van der Waals surface area (Å²) in [5.41, 5.74) is -0.375. The van der Waals surface area contributed by atoms with Crippen molar-refractivity contribution < 1.29 is 14.3 Å². The first kappa shape index (κ1) is 10.9. The lowest BCUT2D eigenvalue weighted by atomic mass is 9.64. The van der Waals surface area contributed by atoms with Gasteiger partial charge in [0.05, 0.1) is 24.2 Å². The topological polar surface area (TPSA) is 35.5 Å². The molecule has 0 aromatic carbocycles. The Morgan fingerprint density at radius 2 is 2.13 bits per heavy atom. The van der Waals surface area contributed by atoms with Crippen LogP contribution in [0.3, 0.4) is 0 Å². The fourth-order valence-electron chi connectivity index (χ4n) is 3.35. The molecule has 3 heteroatoms. The number of hydrogen-bond donors (Lipinski definition) is 0. The summed E-state index contributed by atoms with van der Waals surface area (Å²) in [4.78, 5) is 12.0. The summed E-state index contributed by atoms with van der Waals surface area (Å²) in [6, 6.07) is 0. The largest absolute Gasteiger partial charge is 0.466 e. The minimum Gasteiger partial charge on any atom is -0.466 e. The molecular weight excluding hydrogens is 192 g/mol.